The number of benzene rings is 1. The molecule has 6 heteroatoms. The maximum absolute atomic E-state index is 12.2. The molecular formula is C23H30N2O4. The first-order valence-corrected chi connectivity index (χ1v) is 10.0. The topological polar surface area (TPSA) is 60.9 Å². The van der Waals surface area contributed by atoms with Crippen LogP contribution in [-0.2, 0) is 15.9 Å². The van der Waals surface area contributed by atoms with E-state index < -0.39 is 5.60 Å². The average molecular weight is 399 g/mol. The van der Waals surface area contributed by atoms with E-state index in [0.29, 0.717) is 25.5 Å². The van der Waals surface area contributed by atoms with E-state index >= 15 is 0 Å². The van der Waals surface area contributed by atoms with Crippen LogP contribution in [0.4, 0.5) is 4.79 Å². The van der Waals surface area contributed by atoms with E-state index in [0.717, 1.165) is 24.0 Å². The highest BCUT2D eigenvalue weighted by molar-refractivity contribution is 5.69. The van der Waals surface area contributed by atoms with Crippen LogP contribution in [0.2, 0.25) is 0 Å². The van der Waals surface area contributed by atoms with Crippen molar-refractivity contribution in [3.8, 4) is 16.9 Å². The normalized spacial score (nSPS) is 16.3. The summed E-state index contributed by atoms with van der Waals surface area (Å²) in [5, 5.41) is 0. The zero-order chi connectivity index (χ0) is 20.9. The molecule has 2 aromatic rings. The molecule has 1 saturated heterocycles. The van der Waals surface area contributed by atoms with Crippen LogP contribution in [0.15, 0.2) is 42.7 Å². The van der Waals surface area contributed by atoms with Gasteiger partial charge in [-0.15, -0.1) is 0 Å². The van der Waals surface area contributed by atoms with E-state index in [-0.39, 0.29) is 12.1 Å². The fourth-order valence-corrected chi connectivity index (χ4v) is 3.15. The maximum Gasteiger partial charge on any atom is 0.410 e. The minimum Gasteiger partial charge on any atom is -0.490 e. The highest BCUT2D eigenvalue weighted by Crippen LogP contribution is 2.26. The second-order valence-corrected chi connectivity index (χ2v) is 8.28. The number of likely N-dealkylation sites (tertiary alicyclic amines) is 1. The molecule has 1 aromatic heterocycles. The standard InChI is InChI=1S/C23H30N2O4/c1-23(2,3)29-22(26)25-10-8-20(25)16-28-21-13-19(14-24-15-21)18-7-5-6-17(12-18)9-11-27-4/h5-7,12-15,20H,8-11,16H2,1-4H3. The van der Waals surface area contributed by atoms with Crippen molar-refractivity contribution in [2.75, 3.05) is 26.9 Å². The predicted molar refractivity (Wildman–Crippen MR) is 112 cm³/mol. The molecule has 0 N–H and O–H groups in total. The molecule has 1 atom stereocenters. The third-order valence-corrected chi connectivity index (χ3v) is 4.78. The molecule has 0 bridgehead atoms. The Morgan fingerprint density at radius 3 is 2.72 bits per heavy atom. The van der Waals surface area contributed by atoms with Gasteiger partial charge < -0.3 is 19.1 Å². The number of carbonyl (C=O) groups excluding carboxylic acids is 1. The summed E-state index contributed by atoms with van der Waals surface area (Å²) in [6.45, 7) is 7.45. The SMILES string of the molecule is COCCc1cccc(-c2cncc(OCC3CCN3C(=O)OC(C)(C)C)c2)c1. The van der Waals surface area contributed by atoms with Crippen LogP contribution in [0.3, 0.4) is 0 Å². The number of nitrogens with zero attached hydrogens (tertiary/aromatic N) is 2. The number of ether oxygens (including phenoxy) is 3. The number of amides is 1. The molecular weight excluding hydrogens is 368 g/mol. The van der Waals surface area contributed by atoms with Crippen LogP contribution in [0.5, 0.6) is 5.75 Å². The minimum atomic E-state index is -0.492. The molecule has 0 spiro atoms. The van der Waals surface area contributed by atoms with Gasteiger partial charge in [-0.1, -0.05) is 24.3 Å². The molecule has 0 radical (unpaired) electrons. The van der Waals surface area contributed by atoms with Crippen LogP contribution in [0, 0.1) is 0 Å². The summed E-state index contributed by atoms with van der Waals surface area (Å²) in [6.07, 6.45) is 5.04. The van der Waals surface area contributed by atoms with E-state index in [1.165, 1.54) is 5.56 Å². The van der Waals surface area contributed by atoms with Crippen molar-refractivity contribution in [1.29, 1.82) is 0 Å². The lowest BCUT2D eigenvalue weighted by molar-refractivity contribution is -0.0141. The van der Waals surface area contributed by atoms with E-state index in [2.05, 4.69) is 23.2 Å². The van der Waals surface area contributed by atoms with Crippen molar-refractivity contribution < 1.29 is 19.0 Å². The number of hydrogen-bond acceptors (Lipinski definition) is 5. The van der Waals surface area contributed by atoms with E-state index in [1.54, 1.807) is 18.2 Å². The lowest BCUT2D eigenvalue weighted by Crippen LogP contribution is -2.55. The predicted octanol–water partition coefficient (Wildman–Crippen LogP) is 4.33. The molecule has 0 saturated carbocycles. The van der Waals surface area contributed by atoms with Crippen LogP contribution < -0.4 is 4.74 Å². The van der Waals surface area contributed by atoms with Crippen molar-refractivity contribution in [3.63, 3.8) is 0 Å². The lowest BCUT2D eigenvalue weighted by Gasteiger charge is -2.40. The van der Waals surface area contributed by atoms with E-state index in [9.17, 15) is 4.79 Å². The second kappa shape index (κ2) is 9.27. The lowest BCUT2D eigenvalue weighted by atomic mass is 10.0. The highest BCUT2D eigenvalue weighted by Gasteiger charge is 2.35. The Morgan fingerprint density at radius 2 is 2.03 bits per heavy atom. The number of methoxy groups -OCH3 is 1. The molecule has 6 nitrogen and oxygen atoms in total. The highest BCUT2D eigenvalue weighted by atomic mass is 16.6. The second-order valence-electron chi connectivity index (χ2n) is 8.28. The summed E-state index contributed by atoms with van der Waals surface area (Å²) in [5.41, 5.74) is 2.82. The largest absolute Gasteiger partial charge is 0.490 e. The van der Waals surface area contributed by atoms with Gasteiger partial charge in [0.05, 0.1) is 18.8 Å². The molecule has 1 aromatic carbocycles. The molecule has 1 amide bonds. The summed E-state index contributed by atoms with van der Waals surface area (Å²) < 4.78 is 16.6. The zero-order valence-corrected chi connectivity index (χ0v) is 17.7. The fraction of sp³-hybridized carbons (Fsp3) is 0.478. The first-order valence-electron chi connectivity index (χ1n) is 10.0. The van der Waals surface area contributed by atoms with Crippen molar-refractivity contribution in [1.82, 2.24) is 9.88 Å². The van der Waals surface area contributed by atoms with Crippen LogP contribution in [0.1, 0.15) is 32.8 Å². The monoisotopic (exact) mass is 398 g/mol. The Labute approximate surface area is 172 Å². The summed E-state index contributed by atoms with van der Waals surface area (Å²) >= 11 is 0. The fourth-order valence-electron chi connectivity index (χ4n) is 3.15. The maximum atomic E-state index is 12.2. The van der Waals surface area contributed by atoms with Crippen molar-refractivity contribution in [2.45, 2.75) is 45.3 Å². The van der Waals surface area contributed by atoms with Gasteiger partial charge in [-0.25, -0.2) is 4.79 Å². The minimum absolute atomic E-state index is 0.0332. The number of rotatable bonds is 7. The Bertz CT molecular complexity index is 832. The molecule has 2 heterocycles. The molecule has 1 unspecified atom stereocenters. The summed E-state index contributed by atoms with van der Waals surface area (Å²) in [5.74, 6) is 0.695. The number of hydrogen-bond donors (Lipinski definition) is 0. The molecule has 156 valence electrons. The number of aromatic nitrogens is 1. The molecule has 29 heavy (non-hydrogen) atoms. The van der Waals surface area contributed by atoms with Gasteiger partial charge in [0.1, 0.15) is 18.0 Å². The Balaban J connectivity index is 1.60. The number of pyridine rings is 1. The van der Waals surface area contributed by atoms with Crippen molar-refractivity contribution >= 4 is 6.09 Å². The van der Waals surface area contributed by atoms with Crippen molar-refractivity contribution in [3.05, 3.63) is 48.3 Å². The van der Waals surface area contributed by atoms with Gasteiger partial charge >= 0.3 is 6.09 Å². The quantitative estimate of drug-likeness (QED) is 0.695. The van der Waals surface area contributed by atoms with Gasteiger partial charge in [0, 0.05) is 25.4 Å². The zero-order valence-electron chi connectivity index (χ0n) is 17.7. The van der Waals surface area contributed by atoms with Gasteiger partial charge in [0.2, 0.25) is 0 Å². The van der Waals surface area contributed by atoms with Gasteiger partial charge in [-0.2, -0.15) is 0 Å². The van der Waals surface area contributed by atoms with Crippen LogP contribution in [0.25, 0.3) is 11.1 Å². The molecule has 1 aliphatic heterocycles. The molecule has 1 aliphatic rings. The third kappa shape index (κ3) is 5.94. The Kier molecular flexibility index (Phi) is 6.75. The molecule has 3 rings (SSSR count). The number of carbonyl (C=O) groups is 1. The first kappa shape index (κ1) is 21.1. The van der Waals surface area contributed by atoms with Gasteiger partial charge in [-0.05, 0) is 50.8 Å². The van der Waals surface area contributed by atoms with Gasteiger partial charge in [-0.3, -0.25) is 4.98 Å². The Morgan fingerprint density at radius 1 is 1.21 bits per heavy atom. The average Bonchev–Trinajstić information content (AvgIpc) is 2.64. The van der Waals surface area contributed by atoms with E-state index in [1.807, 2.05) is 39.1 Å². The summed E-state index contributed by atoms with van der Waals surface area (Å²) in [6, 6.07) is 10.4. The molecule has 1 fully saturated rings. The first-order chi connectivity index (χ1) is 13.9. The Hall–Kier alpha value is -2.60. The summed E-state index contributed by atoms with van der Waals surface area (Å²) in [7, 11) is 1.71. The van der Waals surface area contributed by atoms with Gasteiger partial charge in [0.25, 0.3) is 0 Å². The van der Waals surface area contributed by atoms with Crippen LogP contribution in [-0.4, -0.2) is 54.5 Å². The smallest absolute Gasteiger partial charge is 0.410 e. The third-order valence-electron chi connectivity index (χ3n) is 4.78. The van der Waals surface area contributed by atoms with E-state index in [4.69, 9.17) is 14.2 Å². The molecule has 0 aliphatic carbocycles. The summed E-state index contributed by atoms with van der Waals surface area (Å²) in [4.78, 5) is 18.3. The van der Waals surface area contributed by atoms with Crippen LogP contribution >= 0.6 is 0 Å². The van der Waals surface area contributed by atoms with Gasteiger partial charge in [0.15, 0.2) is 0 Å². The van der Waals surface area contributed by atoms with Crippen molar-refractivity contribution in [2.24, 2.45) is 0 Å².